The minimum atomic E-state index is -0.0769. The van der Waals surface area contributed by atoms with Crippen LogP contribution in [0.4, 0.5) is 0 Å². The van der Waals surface area contributed by atoms with E-state index in [0.717, 1.165) is 13.2 Å². The first-order chi connectivity index (χ1) is 18.2. The third-order valence-electron chi connectivity index (χ3n) is 5.68. The molecule has 0 aromatic carbocycles. The van der Waals surface area contributed by atoms with Gasteiger partial charge < -0.3 is 44.4 Å². The van der Waals surface area contributed by atoms with Gasteiger partial charge >= 0.3 is 0 Å². The molecule has 0 unspecified atom stereocenters. The highest BCUT2D eigenvalue weighted by atomic mass is 16.6. The van der Waals surface area contributed by atoms with Crippen molar-refractivity contribution in [3.8, 4) is 0 Å². The van der Waals surface area contributed by atoms with Gasteiger partial charge in [0.15, 0.2) is 0 Å². The molecule has 2 amide bonds. The fourth-order valence-corrected chi connectivity index (χ4v) is 3.72. The number of hydrogen-bond donors (Lipinski definition) is 3. The van der Waals surface area contributed by atoms with Crippen LogP contribution in [-0.4, -0.2) is 117 Å². The van der Waals surface area contributed by atoms with Crippen LogP contribution in [0.1, 0.15) is 51.9 Å². The normalized spacial score (nSPS) is 14.4. The summed E-state index contributed by atoms with van der Waals surface area (Å²) >= 11 is 0. The van der Waals surface area contributed by atoms with Crippen LogP contribution in [0.2, 0.25) is 0 Å². The van der Waals surface area contributed by atoms with Crippen molar-refractivity contribution in [3.63, 3.8) is 0 Å². The van der Waals surface area contributed by atoms with E-state index in [1.807, 2.05) is 0 Å². The zero-order valence-electron chi connectivity index (χ0n) is 22.9. The first-order valence-electron chi connectivity index (χ1n) is 13.9. The quantitative estimate of drug-likeness (QED) is 0.117. The molecular weight excluding hydrogens is 482 g/mol. The monoisotopic (exact) mass is 533 g/mol. The summed E-state index contributed by atoms with van der Waals surface area (Å²) in [7, 11) is 0. The van der Waals surface area contributed by atoms with Crippen molar-refractivity contribution in [1.82, 2.24) is 16.0 Å². The molecule has 37 heavy (non-hydrogen) atoms. The number of nitrogens with one attached hydrogen (secondary N) is 3. The summed E-state index contributed by atoms with van der Waals surface area (Å²) in [6.07, 6.45) is 8.33. The minimum Gasteiger partial charge on any atom is -0.379 e. The number of carbonyl (C=O) groups excluding carboxylic acids is 2. The molecule has 0 heterocycles. The van der Waals surface area contributed by atoms with Crippen LogP contribution in [0.3, 0.4) is 0 Å². The largest absolute Gasteiger partial charge is 0.379 e. The molecule has 1 saturated carbocycles. The standard InChI is InChI=1S/C26H51N3O8/c1-24(30)27-9-13-33-17-18-35-15-11-29-26(31)8-12-32-16-20-36-22-23-37-21-19-34-14-10-28-25-6-4-2-3-5-7-25/h25,28H,2-23H2,1H3,(H,27,30)(H,29,31). The summed E-state index contributed by atoms with van der Waals surface area (Å²) in [4.78, 5) is 22.4. The number of hydrogen-bond acceptors (Lipinski definition) is 9. The van der Waals surface area contributed by atoms with Gasteiger partial charge in [-0.15, -0.1) is 0 Å². The molecule has 218 valence electrons. The molecule has 3 N–H and O–H groups in total. The fraction of sp³-hybridized carbons (Fsp3) is 0.923. The molecule has 0 bridgehead atoms. The van der Waals surface area contributed by atoms with Crippen LogP contribution < -0.4 is 16.0 Å². The molecule has 0 saturated heterocycles. The Balaban J connectivity index is 1.70. The van der Waals surface area contributed by atoms with Gasteiger partial charge in [0, 0.05) is 39.0 Å². The van der Waals surface area contributed by atoms with Crippen molar-refractivity contribution in [2.24, 2.45) is 0 Å². The van der Waals surface area contributed by atoms with E-state index in [9.17, 15) is 9.59 Å². The lowest BCUT2D eigenvalue weighted by molar-refractivity contribution is -0.122. The molecule has 1 aliphatic rings. The second kappa shape index (κ2) is 26.3. The molecule has 11 nitrogen and oxygen atoms in total. The van der Waals surface area contributed by atoms with E-state index in [2.05, 4.69) is 16.0 Å². The summed E-state index contributed by atoms with van der Waals surface area (Å²) in [5.74, 6) is -0.151. The van der Waals surface area contributed by atoms with E-state index in [-0.39, 0.29) is 11.8 Å². The van der Waals surface area contributed by atoms with Gasteiger partial charge in [0.05, 0.1) is 79.3 Å². The molecule has 11 heteroatoms. The third kappa shape index (κ3) is 24.7. The highest BCUT2D eigenvalue weighted by Crippen LogP contribution is 2.16. The summed E-state index contributed by atoms with van der Waals surface area (Å²) in [5.41, 5.74) is 0. The lowest BCUT2D eigenvalue weighted by atomic mass is 10.1. The van der Waals surface area contributed by atoms with Crippen molar-refractivity contribution < 1.29 is 38.0 Å². The molecule has 1 fully saturated rings. The van der Waals surface area contributed by atoms with Gasteiger partial charge in [-0.05, 0) is 12.8 Å². The van der Waals surface area contributed by atoms with E-state index < -0.39 is 0 Å². The van der Waals surface area contributed by atoms with E-state index in [0.29, 0.717) is 98.2 Å². The number of amides is 2. The number of rotatable bonds is 25. The SMILES string of the molecule is CC(=O)NCCOCCOCCNC(=O)CCOCCOCCOCCOCCNC1CCCCCC1. The summed E-state index contributed by atoms with van der Waals surface area (Å²) < 4.78 is 32.7. The van der Waals surface area contributed by atoms with Gasteiger partial charge in [-0.3, -0.25) is 9.59 Å². The van der Waals surface area contributed by atoms with Gasteiger partial charge in [-0.1, -0.05) is 25.7 Å². The van der Waals surface area contributed by atoms with Crippen molar-refractivity contribution in [1.29, 1.82) is 0 Å². The summed E-state index contributed by atoms with van der Waals surface area (Å²) in [6, 6.07) is 0.664. The van der Waals surface area contributed by atoms with Crippen LogP contribution in [0.5, 0.6) is 0 Å². The van der Waals surface area contributed by atoms with Gasteiger partial charge in [-0.25, -0.2) is 0 Å². The third-order valence-corrected chi connectivity index (χ3v) is 5.68. The minimum absolute atomic E-state index is 0.0737. The molecule has 0 aromatic rings. The van der Waals surface area contributed by atoms with Crippen LogP contribution >= 0.6 is 0 Å². The Hall–Kier alpha value is -1.34. The van der Waals surface area contributed by atoms with Crippen molar-refractivity contribution in [3.05, 3.63) is 0 Å². The van der Waals surface area contributed by atoms with Crippen LogP contribution in [0, 0.1) is 0 Å². The van der Waals surface area contributed by atoms with E-state index in [1.54, 1.807) is 0 Å². The zero-order valence-corrected chi connectivity index (χ0v) is 22.9. The average molecular weight is 534 g/mol. The molecule has 0 spiro atoms. The smallest absolute Gasteiger partial charge is 0.222 e. The average Bonchev–Trinajstić information content (AvgIpc) is 3.16. The second-order valence-electron chi connectivity index (χ2n) is 8.90. The van der Waals surface area contributed by atoms with E-state index in [4.69, 9.17) is 28.4 Å². The number of carbonyl (C=O) groups is 2. The predicted molar refractivity (Wildman–Crippen MR) is 141 cm³/mol. The Labute approximate surface area is 223 Å². The topological polar surface area (TPSA) is 126 Å². The highest BCUT2D eigenvalue weighted by Gasteiger charge is 2.10. The van der Waals surface area contributed by atoms with Crippen LogP contribution in [0.15, 0.2) is 0 Å². The van der Waals surface area contributed by atoms with Gasteiger partial charge in [0.1, 0.15) is 0 Å². The molecule has 0 radical (unpaired) electrons. The molecule has 1 aliphatic carbocycles. The highest BCUT2D eigenvalue weighted by molar-refractivity contribution is 5.75. The lowest BCUT2D eigenvalue weighted by Crippen LogP contribution is -2.31. The first kappa shape index (κ1) is 33.7. The predicted octanol–water partition coefficient (Wildman–Crippen LogP) is 1.04. The second-order valence-corrected chi connectivity index (χ2v) is 8.90. The Bertz CT molecular complexity index is 534. The van der Waals surface area contributed by atoms with Crippen LogP contribution in [-0.2, 0) is 38.0 Å². The first-order valence-corrected chi connectivity index (χ1v) is 13.9. The molecular formula is C26H51N3O8. The maximum absolute atomic E-state index is 11.7. The molecule has 0 atom stereocenters. The fourth-order valence-electron chi connectivity index (χ4n) is 3.72. The lowest BCUT2D eigenvalue weighted by Gasteiger charge is -2.16. The molecule has 0 aliphatic heterocycles. The maximum Gasteiger partial charge on any atom is 0.222 e. The molecule has 0 aromatic heterocycles. The van der Waals surface area contributed by atoms with Gasteiger partial charge in [0.25, 0.3) is 0 Å². The van der Waals surface area contributed by atoms with E-state index >= 15 is 0 Å². The maximum atomic E-state index is 11.7. The zero-order chi connectivity index (χ0) is 26.7. The Morgan fingerprint density at radius 2 is 1.00 bits per heavy atom. The van der Waals surface area contributed by atoms with Crippen LogP contribution in [0.25, 0.3) is 0 Å². The molecule has 1 rings (SSSR count). The summed E-state index contributed by atoms with van der Waals surface area (Å²) in [6.45, 7) is 9.23. The Morgan fingerprint density at radius 3 is 1.51 bits per heavy atom. The summed E-state index contributed by atoms with van der Waals surface area (Å²) in [5, 5.41) is 9.01. The van der Waals surface area contributed by atoms with Gasteiger partial charge in [0.2, 0.25) is 11.8 Å². The van der Waals surface area contributed by atoms with E-state index in [1.165, 1.54) is 45.4 Å². The Morgan fingerprint density at radius 1 is 0.568 bits per heavy atom. The van der Waals surface area contributed by atoms with Crippen molar-refractivity contribution >= 4 is 11.8 Å². The number of ether oxygens (including phenoxy) is 6. The Kier molecular flexibility index (Phi) is 23.9. The van der Waals surface area contributed by atoms with Crippen molar-refractivity contribution in [2.45, 2.75) is 57.9 Å². The van der Waals surface area contributed by atoms with Gasteiger partial charge in [-0.2, -0.15) is 0 Å². The van der Waals surface area contributed by atoms with Crippen molar-refractivity contribution in [2.75, 3.05) is 98.9 Å².